The fourth-order valence-electron chi connectivity index (χ4n) is 1.24. The summed E-state index contributed by atoms with van der Waals surface area (Å²) in [6.07, 6.45) is 0. The first kappa shape index (κ1) is 15.6. The third kappa shape index (κ3) is 5.05. The maximum absolute atomic E-state index is 12.7. The van der Waals surface area contributed by atoms with Crippen LogP contribution in [-0.2, 0) is 9.59 Å². The summed E-state index contributed by atoms with van der Waals surface area (Å²) in [5.74, 6) is -2.98. The van der Waals surface area contributed by atoms with Crippen LogP contribution in [0.5, 0.6) is 0 Å². The summed E-state index contributed by atoms with van der Waals surface area (Å²) in [7, 11) is 0. The Balaban J connectivity index is 2.50. The Morgan fingerprint density at radius 1 is 0.950 bits per heavy atom. The lowest BCUT2D eigenvalue weighted by molar-refractivity contribution is -0.140. The van der Waals surface area contributed by atoms with E-state index < -0.39 is 29.1 Å². The summed E-state index contributed by atoms with van der Waals surface area (Å²) in [5.41, 5.74) is 3.63. The number of carbonyl (C=O) groups excluding carboxylic acids is 3. The molecule has 0 aliphatic rings. The zero-order chi connectivity index (χ0) is 15.3. The van der Waals surface area contributed by atoms with Crippen molar-refractivity contribution in [1.29, 1.82) is 0 Å². The molecule has 0 atom stereocenters. The SMILES string of the molecule is CC(C)(C)NC(=O)C(=O)NNC(=O)c1ccc(F)cc1. The van der Waals surface area contributed by atoms with Crippen LogP contribution in [0.3, 0.4) is 0 Å². The van der Waals surface area contributed by atoms with E-state index in [1.807, 2.05) is 5.43 Å². The van der Waals surface area contributed by atoms with Gasteiger partial charge in [0.25, 0.3) is 5.91 Å². The Kier molecular flexibility index (Phi) is 4.79. The summed E-state index contributed by atoms with van der Waals surface area (Å²) >= 11 is 0. The second-order valence-corrected chi connectivity index (χ2v) is 5.12. The Morgan fingerprint density at radius 3 is 2.00 bits per heavy atom. The topological polar surface area (TPSA) is 87.3 Å². The van der Waals surface area contributed by atoms with Gasteiger partial charge in [-0.05, 0) is 45.0 Å². The van der Waals surface area contributed by atoms with Crippen LogP contribution in [0.1, 0.15) is 31.1 Å². The number of benzene rings is 1. The number of rotatable bonds is 1. The molecular formula is C13H16FN3O3. The van der Waals surface area contributed by atoms with E-state index in [0.717, 1.165) is 12.1 Å². The summed E-state index contributed by atoms with van der Waals surface area (Å²) in [5, 5.41) is 2.44. The molecule has 20 heavy (non-hydrogen) atoms. The van der Waals surface area contributed by atoms with Crippen LogP contribution in [0.4, 0.5) is 4.39 Å². The molecule has 1 rings (SSSR count). The van der Waals surface area contributed by atoms with Gasteiger partial charge in [-0.3, -0.25) is 25.2 Å². The Hall–Kier alpha value is -2.44. The van der Waals surface area contributed by atoms with Gasteiger partial charge in [0.2, 0.25) is 0 Å². The lowest BCUT2D eigenvalue weighted by Gasteiger charge is -2.19. The van der Waals surface area contributed by atoms with Crippen LogP contribution in [0.2, 0.25) is 0 Å². The predicted molar refractivity (Wildman–Crippen MR) is 69.9 cm³/mol. The normalized spacial score (nSPS) is 10.6. The molecule has 1 aromatic carbocycles. The fraction of sp³-hybridized carbons (Fsp3) is 0.308. The van der Waals surface area contributed by atoms with Crippen molar-refractivity contribution in [3.05, 3.63) is 35.6 Å². The molecule has 3 N–H and O–H groups in total. The molecule has 0 aliphatic carbocycles. The molecule has 0 spiro atoms. The molecule has 0 aromatic heterocycles. The van der Waals surface area contributed by atoms with Crippen molar-refractivity contribution in [3.8, 4) is 0 Å². The van der Waals surface area contributed by atoms with Gasteiger partial charge in [-0.25, -0.2) is 4.39 Å². The number of hydrogen-bond acceptors (Lipinski definition) is 3. The van der Waals surface area contributed by atoms with Crippen LogP contribution < -0.4 is 16.2 Å². The number of nitrogens with one attached hydrogen (secondary N) is 3. The van der Waals surface area contributed by atoms with E-state index in [0.29, 0.717) is 0 Å². The van der Waals surface area contributed by atoms with Gasteiger partial charge in [-0.2, -0.15) is 0 Å². The first-order chi connectivity index (χ1) is 9.19. The molecule has 7 heteroatoms. The van der Waals surface area contributed by atoms with Gasteiger partial charge in [0.05, 0.1) is 0 Å². The predicted octanol–water partition coefficient (Wildman–Crippen LogP) is 0.501. The highest BCUT2D eigenvalue weighted by Gasteiger charge is 2.20. The van der Waals surface area contributed by atoms with Gasteiger partial charge in [0, 0.05) is 11.1 Å². The third-order valence-electron chi connectivity index (χ3n) is 2.09. The van der Waals surface area contributed by atoms with Crippen molar-refractivity contribution in [1.82, 2.24) is 16.2 Å². The highest BCUT2D eigenvalue weighted by molar-refractivity contribution is 6.35. The molecule has 0 bridgehead atoms. The molecule has 0 radical (unpaired) electrons. The quantitative estimate of drug-likeness (QED) is 0.517. The molecule has 0 saturated carbocycles. The second-order valence-electron chi connectivity index (χ2n) is 5.12. The van der Waals surface area contributed by atoms with E-state index in [9.17, 15) is 18.8 Å². The molecule has 6 nitrogen and oxygen atoms in total. The maximum atomic E-state index is 12.7. The number of carbonyl (C=O) groups is 3. The molecular weight excluding hydrogens is 265 g/mol. The molecule has 0 unspecified atom stereocenters. The van der Waals surface area contributed by atoms with Crippen LogP contribution in [-0.4, -0.2) is 23.3 Å². The Labute approximate surface area is 115 Å². The van der Waals surface area contributed by atoms with E-state index in [4.69, 9.17) is 0 Å². The standard InChI is InChI=1S/C13H16FN3O3/c1-13(2,3)15-11(19)12(20)17-16-10(18)8-4-6-9(14)7-5-8/h4-7H,1-3H3,(H,15,19)(H,16,18)(H,17,20). The molecule has 1 aromatic rings. The third-order valence-corrected chi connectivity index (χ3v) is 2.09. The van der Waals surface area contributed by atoms with E-state index in [2.05, 4.69) is 10.7 Å². The van der Waals surface area contributed by atoms with Crippen LogP contribution in [0.25, 0.3) is 0 Å². The van der Waals surface area contributed by atoms with Gasteiger partial charge < -0.3 is 5.32 Å². The Morgan fingerprint density at radius 2 is 1.50 bits per heavy atom. The first-order valence-electron chi connectivity index (χ1n) is 5.87. The fourth-order valence-corrected chi connectivity index (χ4v) is 1.24. The lowest BCUT2D eigenvalue weighted by atomic mass is 10.1. The minimum Gasteiger partial charge on any atom is -0.343 e. The number of hydrogen-bond donors (Lipinski definition) is 3. The van der Waals surface area contributed by atoms with Gasteiger partial charge in [0.1, 0.15) is 5.82 Å². The monoisotopic (exact) mass is 281 g/mol. The van der Waals surface area contributed by atoms with E-state index in [1.165, 1.54) is 12.1 Å². The molecule has 0 aliphatic heterocycles. The van der Waals surface area contributed by atoms with Crippen molar-refractivity contribution >= 4 is 17.7 Å². The average molecular weight is 281 g/mol. The summed E-state index contributed by atoms with van der Waals surface area (Å²) in [4.78, 5) is 34.4. The largest absolute Gasteiger partial charge is 0.343 e. The zero-order valence-electron chi connectivity index (χ0n) is 11.4. The van der Waals surface area contributed by atoms with Gasteiger partial charge >= 0.3 is 11.8 Å². The van der Waals surface area contributed by atoms with Gasteiger partial charge in [0.15, 0.2) is 0 Å². The number of amides is 3. The van der Waals surface area contributed by atoms with E-state index in [-0.39, 0.29) is 5.56 Å². The maximum Gasteiger partial charge on any atom is 0.327 e. The van der Waals surface area contributed by atoms with Gasteiger partial charge in [-0.1, -0.05) is 0 Å². The molecule has 0 heterocycles. The highest BCUT2D eigenvalue weighted by atomic mass is 19.1. The first-order valence-corrected chi connectivity index (χ1v) is 5.87. The van der Waals surface area contributed by atoms with Crippen LogP contribution in [0, 0.1) is 5.82 Å². The van der Waals surface area contributed by atoms with Gasteiger partial charge in [-0.15, -0.1) is 0 Å². The molecule has 0 saturated heterocycles. The van der Waals surface area contributed by atoms with Crippen molar-refractivity contribution in [2.45, 2.75) is 26.3 Å². The van der Waals surface area contributed by atoms with Crippen molar-refractivity contribution < 1.29 is 18.8 Å². The minimum absolute atomic E-state index is 0.155. The van der Waals surface area contributed by atoms with E-state index >= 15 is 0 Å². The zero-order valence-corrected chi connectivity index (χ0v) is 11.4. The Bertz CT molecular complexity index is 521. The number of hydrazine groups is 1. The molecule has 0 fully saturated rings. The van der Waals surface area contributed by atoms with Crippen LogP contribution >= 0.6 is 0 Å². The molecule has 108 valence electrons. The number of halogens is 1. The summed E-state index contributed by atoms with van der Waals surface area (Å²) < 4.78 is 12.7. The van der Waals surface area contributed by atoms with Crippen molar-refractivity contribution in [2.75, 3.05) is 0 Å². The average Bonchev–Trinajstić information content (AvgIpc) is 2.34. The minimum atomic E-state index is -0.990. The van der Waals surface area contributed by atoms with Crippen molar-refractivity contribution in [3.63, 3.8) is 0 Å². The summed E-state index contributed by atoms with van der Waals surface area (Å²) in [6, 6.07) is 4.74. The molecule has 3 amide bonds. The van der Waals surface area contributed by atoms with Crippen molar-refractivity contribution in [2.24, 2.45) is 0 Å². The smallest absolute Gasteiger partial charge is 0.327 e. The lowest BCUT2D eigenvalue weighted by Crippen LogP contribution is -2.52. The van der Waals surface area contributed by atoms with E-state index in [1.54, 1.807) is 20.8 Å². The van der Waals surface area contributed by atoms with Crippen LogP contribution in [0.15, 0.2) is 24.3 Å². The highest BCUT2D eigenvalue weighted by Crippen LogP contribution is 2.02. The summed E-state index contributed by atoms with van der Waals surface area (Å²) in [6.45, 7) is 5.15. The second kappa shape index (κ2) is 6.14.